The standard InChI is InChI=1S/C9H20O2Si/c1-6-8(9(2)7-10-9)11-12(3,4)5/h8H,6-7H2,1-5H3. The van der Waals surface area contributed by atoms with E-state index in [1.165, 1.54) is 0 Å². The second-order valence-electron chi connectivity index (χ2n) is 4.73. The first-order valence-electron chi connectivity index (χ1n) is 4.69. The Bertz CT molecular complexity index is 158. The molecule has 1 aliphatic heterocycles. The molecule has 12 heavy (non-hydrogen) atoms. The molecule has 72 valence electrons. The first-order valence-corrected chi connectivity index (χ1v) is 8.10. The Balaban J connectivity index is 2.47. The molecule has 0 radical (unpaired) electrons. The molecule has 1 rings (SSSR count). The lowest BCUT2D eigenvalue weighted by Gasteiger charge is -2.28. The normalized spacial score (nSPS) is 31.8. The first kappa shape index (κ1) is 10.2. The van der Waals surface area contributed by atoms with Crippen molar-refractivity contribution in [3.63, 3.8) is 0 Å². The number of ether oxygens (including phenoxy) is 1. The fourth-order valence-corrected chi connectivity index (χ4v) is 2.64. The van der Waals surface area contributed by atoms with Gasteiger partial charge in [-0.3, -0.25) is 0 Å². The molecule has 1 saturated heterocycles. The fraction of sp³-hybridized carbons (Fsp3) is 1.00. The molecular weight excluding hydrogens is 168 g/mol. The van der Waals surface area contributed by atoms with E-state index in [4.69, 9.17) is 9.16 Å². The molecule has 0 aromatic carbocycles. The zero-order chi connectivity index (χ0) is 9.41. The summed E-state index contributed by atoms with van der Waals surface area (Å²) in [5, 5.41) is 0. The molecule has 1 heterocycles. The molecule has 2 atom stereocenters. The number of hydrogen-bond acceptors (Lipinski definition) is 2. The van der Waals surface area contributed by atoms with E-state index in [1.54, 1.807) is 0 Å². The van der Waals surface area contributed by atoms with Crippen molar-refractivity contribution in [3.8, 4) is 0 Å². The Morgan fingerprint density at radius 2 is 2.00 bits per heavy atom. The van der Waals surface area contributed by atoms with Gasteiger partial charge in [0.15, 0.2) is 8.32 Å². The molecule has 0 spiro atoms. The highest BCUT2D eigenvalue weighted by atomic mass is 28.4. The second-order valence-corrected chi connectivity index (χ2v) is 9.19. The lowest BCUT2D eigenvalue weighted by Crippen LogP contribution is -2.39. The Hall–Kier alpha value is 0.137. The fourth-order valence-electron chi connectivity index (χ4n) is 1.37. The van der Waals surface area contributed by atoms with Crippen molar-refractivity contribution in [1.82, 2.24) is 0 Å². The van der Waals surface area contributed by atoms with Crippen LogP contribution in [0.1, 0.15) is 20.3 Å². The van der Waals surface area contributed by atoms with Gasteiger partial charge in [0.25, 0.3) is 0 Å². The molecule has 0 aromatic rings. The summed E-state index contributed by atoms with van der Waals surface area (Å²) < 4.78 is 11.4. The zero-order valence-corrected chi connectivity index (χ0v) is 9.81. The summed E-state index contributed by atoms with van der Waals surface area (Å²) in [5.74, 6) is 0. The predicted octanol–water partition coefficient (Wildman–Crippen LogP) is 2.41. The van der Waals surface area contributed by atoms with Gasteiger partial charge in [0, 0.05) is 0 Å². The van der Waals surface area contributed by atoms with Gasteiger partial charge in [-0.1, -0.05) is 6.92 Å². The molecular formula is C9H20O2Si. The molecule has 1 fully saturated rings. The minimum Gasteiger partial charge on any atom is -0.412 e. The topological polar surface area (TPSA) is 21.8 Å². The Morgan fingerprint density at radius 3 is 2.25 bits per heavy atom. The van der Waals surface area contributed by atoms with E-state index in [2.05, 4.69) is 33.5 Å². The van der Waals surface area contributed by atoms with Gasteiger partial charge in [0.2, 0.25) is 0 Å². The van der Waals surface area contributed by atoms with Gasteiger partial charge < -0.3 is 9.16 Å². The molecule has 0 N–H and O–H groups in total. The third-order valence-corrected chi connectivity index (χ3v) is 3.14. The Kier molecular flexibility index (Phi) is 2.66. The van der Waals surface area contributed by atoms with Gasteiger partial charge in [-0.2, -0.15) is 0 Å². The molecule has 0 aromatic heterocycles. The summed E-state index contributed by atoms with van der Waals surface area (Å²) in [5.41, 5.74) is 0.0367. The average Bonchev–Trinajstić information content (AvgIpc) is 2.62. The van der Waals surface area contributed by atoms with Crippen LogP contribution in [0.25, 0.3) is 0 Å². The van der Waals surface area contributed by atoms with Crippen molar-refractivity contribution in [2.24, 2.45) is 0 Å². The van der Waals surface area contributed by atoms with Crippen molar-refractivity contribution in [3.05, 3.63) is 0 Å². The number of rotatable bonds is 4. The Labute approximate surface area is 76.4 Å². The third-order valence-electron chi connectivity index (χ3n) is 2.15. The van der Waals surface area contributed by atoms with Gasteiger partial charge in [0.1, 0.15) is 5.60 Å². The van der Waals surface area contributed by atoms with Gasteiger partial charge in [-0.25, -0.2) is 0 Å². The van der Waals surface area contributed by atoms with Crippen LogP contribution in [0, 0.1) is 0 Å². The highest BCUT2D eigenvalue weighted by molar-refractivity contribution is 6.69. The van der Waals surface area contributed by atoms with E-state index in [0.29, 0.717) is 6.10 Å². The quantitative estimate of drug-likeness (QED) is 0.499. The number of hydrogen-bond donors (Lipinski definition) is 0. The lowest BCUT2D eigenvalue weighted by molar-refractivity contribution is 0.0971. The zero-order valence-electron chi connectivity index (χ0n) is 8.81. The average molecular weight is 188 g/mol. The van der Waals surface area contributed by atoms with Gasteiger partial charge in [-0.05, 0) is 33.0 Å². The van der Waals surface area contributed by atoms with Crippen LogP contribution in [0.3, 0.4) is 0 Å². The lowest BCUT2D eigenvalue weighted by atomic mass is 10.0. The van der Waals surface area contributed by atoms with Crippen LogP contribution in [-0.2, 0) is 9.16 Å². The van der Waals surface area contributed by atoms with Gasteiger partial charge >= 0.3 is 0 Å². The maximum atomic E-state index is 6.03. The molecule has 0 aliphatic carbocycles. The summed E-state index contributed by atoms with van der Waals surface area (Å²) in [4.78, 5) is 0. The third kappa shape index (κ3) is 2.57. The summed E-state index contributed by atoms with van der Waals surface area (Å²) in [6, 6.07) is 0. The minimum absolute atomic E-state index is 0.0367. The van der Waals surface area contributed by atoms with Crippen LogP contribution in [0.4, 0.5) is 0 Å². The monoisotopic (exact) mass is 188 g/mol. The molecule has 2 nitrogen and oxygen atoms in total. The maximum Gasteiger partial charge on any atom is 0.184 e. The Morgan fingerprint density at radius 1 is 1.50 bits per heavy atom. The van der Waals surface area contributed by atoms with Crippen LogP contribution >= 0.6 is 0 Å². The SMILES string of the molecule is CCC(O[Si](C)(C)C)C1(C)CO1. The van der Waals surface area contributed by atoms with E-state index >= 15 is 0 Å². The predicted molar refractivity (Wildman–Crippen MR) is 52.9 cm³/mol. The van der Waals surface area contributed by atoms with Gasteiger partial charge in [-0.15, -0.1) is 0 Å². The smallest absolute Gasteiger partial charge is 0.184 e. The van der Waals surface area contributed by atoms with E-state index in [9.17, 15) is 0 Å². The minimum atomic E-state index is -1.39. The molecule has 1 aliphatic rings. The van der Waals surface area contributed by atoms with E-state index in [1.807, 2.05) is 0 Å². The van der Waals surface area contributed by atoms with Crippen LogP contribution in [0.5, 0.6) is 0 Å². The summed E-state index contributed by atoms with van der Waals surface area (Å²) in [6.45, 7) is 11.8. The van der Waals surface area contributed by atoms with E-state index in [-0.39, 0.29) is 5.60 Å². The highest BCUT2D eigenvalue weighted by Crippen LogP contribution is 2.35. The van der Waals surface area contributed by atoms with Crippen molar-refractivity contribution < 1.29 is 9.16 Å². The molecule has 3 heteroatoms. The highest BCUT2D eigenvalue weighted by Gasteiger charge is 2.48. The molecule has 0 bridgehead atoms. The van der Waals surface area contributed by atoms with E-state index < -0.39 is 8.32 Å². The summed E-state index contributed by atoms with van der Waals surface area (Å²) in [7, 11) is -1.39. The van der Waals surface area contributed by atoms with Crippen molar-refractivity contribution >= 4 is 8.32 Å². The van der Waals surface area contributed by atoms with Crippen LogP contribution in [-0.4, -0.2) is 26.6 Å². The van der Waals surface area contributed by atoms with Gasteiger partial charge in [0.05, 0.1) is 12.7 Å². The first-order chi connectivity index (χ1) is 5.37. The summed E-state index contributed by atoms with van der Waals surface area (Å²) >= 11 is 0. The second kappa shape index (κ2) is 3.12. The summed E-state index contributed by atoms with van der Waals surface area (Å²) in [6.07, 6.45) is 1.37. The molecule has 2 unspecified atom stereocenters. The molecule has 0 amide bonds. The van der Waals surface area contributed by atoms with Crippen LogP contribution in [0.15, 0.2) is 0 Å². The van der Waals surface area contributed by atoms with Crippen LogP contribution in [0.2, 0.25) is 19.6 Å². The van der Waals surface area contributed by atoms with Crippen molar-refractivity contribution in [1.29, 1.82) is 0 Å². The van der Waals surface area contributed by atoms with Crippen LogP contribution < -0.4 is 0 Å². The number of epoxide rings is 1. The molecule has 0 saturated carbocycles. The van der Waals surface area contributed by atoms with Crippen molar-refractivity contribution in [2.45, 2.75) is 51.6 Å². The largest absolute Gasteiger partial charge is 0.412 e. The maximum absolute atomic E-state index is 6.03. The van der Waals surface area contributed by atoms with E-state index in [0.717, 1.165) is 13.0 Å². The van der Waals surface area contributed by atoms with Crippen molar-refractivity contribution in [2.75, 3.05) is 6.61 Å².